The number of fused-ring (bicyclic) bond motifs is 1. The molecule has 0 atom stereocenters. The van der Waals surface area contributed by atoms with E-state index in [4.69, 9.17) is 22.9 Å². The number of nitrogens with one attached hydrogen (secondary N) is 1. The fourth-order valence-electron chi connectivity index (χ4n) is 3.56. The smallest absolute Gasteiger partial charge is 0.270 e. The molecular weight excluding hydrogens is 482 g/mol. The second-order valence-electron chi connectivity index (χ2n) is 7.38. The standard InChI is InChI=1S/C26H16ClN5O2S/c1-28-22-14-11-18(23(31-22)17-5-3-4-6-21(17)34-2)24(33)32-26-30-20-13-12-19(29-25(20)35-26)15-7-9-16(27)10-8-15/h3-14H,2H3,(H,30,32,33). The average molecular weight is 498 g/mol. The number of aromatic nitrogens is 3. The van der Waals surface area contributed by atoms with Crippen molar-refractivity contribution in [1.29, 1.82) is 0 Å². The number of amides is 1. The first-order valence-electron chi connectivity index (χ1n) is 10.4. The molecule has 7 nitrogen and oxygen atoms in total. The van der Waals surface area contributed by atoms with Crippen LogP contribution in [0.25, 0.3) is 37.7 Å². The lowest BCUT2D eigenvalue weighted by atomic mass is 10.0. The van der Waals surface area contributed by atoms with Crippen LogP contribution in [0.5, 0.6) is 5.75 Å². The number of rotatable bonds is 5. The van der Waals surface area contributed by atoms with Crippen LogP contribution in [0.2, 0.25) is 5.02 Å². The van der Waals surface area contributed by atoms with E-state index < -0.39 is 5.91 Å². The molecule has 0 radical (unpaired) electrons. The van der Waals surface area contributed by atoms with Crippen LogP contribution in [-0.4, -0.2) is 28.0 Å². The van der Waals surface area contributed by atoms with Crippen molar-refractivity contribution in [3.63, 3.8) is 0 Å². The maximum Gasteiger partial charge on any atom is 0.270 e. The normalized spacial score (nSPS) is 10.7. The van der Waals surface area contributed by atoms with Crippen molar-refractivity contribution in [3.8, 4) is 28.3 Å². The van der Waals surface area contributed by atoms with Crippen LogP contribution in [-0.2, 0) is 0 Å². The highest BCUT2D eigenvalue weighted by Gasteiger charge is 2.22. The van der Waals surface area contributed by atoms with E-state index in [1.165, 1.54) is 17.4 Å². The Morgan fingerprint density at radius 2 is 1.80 bits per heavy atom. The minimum atomic E-state index is -0.396. The molecule has 5 rings (SSSR count). The summed E-state index contributed by atoms with van der Waals surface area (Å²) in [4.78, 5) is 31.0. The van der Waals surface area contributed by atoms with Gasteiger partial charge in [-0.05, 0) is 42.5 Å². The van der Waals surface area contributed by atoms with Crippen LogP contribution in [0.3, 0.4) is 0 Å². The number of nitrogens with zero attached hydrogens (tertiary/aromatic N) is 4. The number of carbonyl (C=O) groups is 1. The molecule has 170 valence electrons. The van der Waals surface area contributed by atoms with Gasteiger partial charge in [0.25, 0.3) is 11.7 Å². The number of benzene rings is 2. The molecule has 1 N–H and O–H groups in total. The summed E-state index contributed by atoms with van der Waals surface area (Å²) in [5, 5.41) is 3.92. The molecule has 0 aliphatic carbocycles. The zero-order valence-corrected chi connectivity index (χ0v) is 19.9. The first-order chi connectivity index (χ1) is 17.1. The molecule has 1 amide bonds. The quantitative estimate of drug-likeness (QED) is 0.267. The number of carbonyl (C=O) groups excluding carboxylic acids is 1. The molecular formula is C26H16ClN5O2S. The first-order valence-corrected chi connectivity index (χ1v) is 11.6. The summed E-state index contributed by atoms with van der Waals surface area (Å²) < 4.78 is 5.45. The van der Waals surface area contributed by atoms with E-state index in [0.717, 1.165) is 11.3 Å². The number of thiazole rings is 1. The molecule has 0 aliphatic heterocycles. The van der Waals surface area contributed by atoms with Gasteiger partial charge in [-0.3, -0.25) is 10.1 Å². The van der Waals surface area contributed by atoms with E-state index in [1.54, 1.807) is 25.3 Å². The van der Waals surface area contributed by atoms with Crippen molar-refractivity contribution in [2.24, 2.45) is 0 Å². The summed E-state index contributed by atoms with van der Waals surface area (Å²) in [6, 6.07) is 21.5. The van der Waals surface area contributed by atoms with Gasteiger partial charge in [-0.1, -0.05) is 59.8 Å². The lowest BCUT2D eigenvalue weighted by molar-refractivity contribution is 0.102. The van der Waals surface area contributed by atoms with E-state index in [9.17, 15) is 4.79 Å². The number of para-hydroxylation sites is 1. The minimum absolute atomic E-state index is 0.182. The number of ether oxygens (including phenoxy) is 1. The van der Waals surface area contributed by atoms with E-state index in [2.05, 4.69) is 25.1 Å². The highest BCUT2D eigenvalue weighted by Crippen LogP contribution is 2.33. The van der Waals surface area contributed by atoms with E-state index in [-0.39, 0.29) is 5.82 Å². The zero-order valence-electron chi connectivity index (χ0n) is 18.3. The average Bonchev–Trinajstić information content (AvgIpc) is 3.30. The van der Waals surface area contributed by atoms with Crippen molar-refractivity contribution in [2.75, 3.05) is 12.4 Å². The third kappa shape index (κ3) is 4.55. The van der Waals surface area contributed by atoms with Crippen LogP contribution >= 0.6 is 22.9 Å². The molecule has 35 heavy (non-hydrogen) atoms. The molecule has 0 saturated heterocycles. The molecule has 3 aromatic heterocycles. The Hall–Kier alpha value is -4.32. The number of methoxy groups -OCH3 is 1. The Balaban J connectivity index is 1.48. The molecule has 0 spiro atoms. The number of anilines is 1. The molecule has 0 unspecified atom stereocenters. The number of hydrogen-bond donors (Lipinski definition) is 1. The van der Waals surface area contributed by atoms with Crippen molar-refractivity contribution in [2.45, 2.75) is 0 Å². The van der Waals surface area contributed by atoms with Gasteiger partial charge in [0.05, 0.1) is 23.9 Å². The summed E-state index contributed by atoms with van der Waals surface area (Å²) in [5.74, 6) is 0.336. The fourth-order valence-corrected chi connectivity index (χ4v) is 4.52. The fraction of sp³-hybridized carbons (Fsp3) is 0.0385. The van der Waals surface area contributed by atoms with Gasteiger partial charge in [0.2, 0.25) is 0 Å². The van der Waals surface area contributed by atoms with Gasteiger partial charge in [0.1, 0.15) is 16.1 Å². The van der Waals surface area contributed by atoms with Crippen LogP contribution < -0.4 is 10.1 Å². The summed E-state index contributed by atoms with van der Waals surface area (Å²) in [6.07, 6.45) is 0. The van der Waals surface area contributed by atoms with E-state index in [0.29, 0.717) is 43.1 Å². The van der Waals surface area contributed by atoms with Crippen LogP contribution in [0, 0.1) is 6.57 Å². The topological polar surface area (TPSA) is 81.4 Å². The Kier molecular flexibility index (Phi) is 6.10. The lowest BCUT2D eigenvalue weighted by Gasteiger charge is -2.09. The van der Waals surface area contributed by atoms with Crippen LogP contribution in [0.4, 0.5) is 10.9 Å². The molecule has 2 aromatic carbocycles. The first kappa shape index (κ1) is 22.5. The third-order valence-electron chi connectivity index (χ3n) is 5.22. The van der Waals surface area contributed by atoms with Gasteiger partial charge in [-0.2, -0.15) is 0 Å². The van der Waals surface area contributed by atoms with Crippen LogP contribution in [0.15, 0.2) is 72.8 Å². The van der Waals surface area contributed by atoms with E-state index in [1.807, 2.05) is 48.5 Å². The molecule has 0 bridgehead atoms. The lowest BCUT2D eigenvalue weighted by Crippen LogP contribution is -2.13. The Morgan fingerprint density at radius 1 is 1.00 bits per heavy atom. The largest absolute Gasteiger partial charge is 0.496 e. The third-order valence-corrected chi connectivity index (χ3v) is 6.35. The number of hydrogen-bond acceptors (Lipinski definition) is 6. The van der Waals surface area contributed by atoms with Crippen molar-refractivity contribution in [1.82, 2.24) is 15.0 Å². The Bertz CT molecular complexity index is 1610. The van der Waals surface area contributed by atoms with Gasteiger partial charge in [0, 0.05) is 10.6 Å². The van der Waals surface area contributed by atoms with Gasteiger partial charge in [-0.25, -0.2) is 9.97 Å². The van der Waals surface area contributed by atoms with Gasteiger partial charge in [0.15, 0.2) is 10.8 Å². The molecule has 0 aliphatic rings. The molecule has 3 heterocycles. The number of pyridine rings is 2. The SMILES string of the molecule is [C-]#[N+]c1ccc(C(=O)Nc2nc3ccc(-c4ccc(Cl)cc4)nc3s2)c(-c2ccccc2OC)n1. The summed E-state index contributed by atoms with van der Waals surface area (Å²) in [6.45, 7) is 7.32. The van der Waals surface area contributed by atoms with Gasteiger partial charge in [-0.15, -0.1) is 4.98 Å². The maximum absolute atomic E-state index is 13.3. The highest BCUT2D eigenvalue weighted by molar-refractivity contribution is 7.22. The number of halogens is 1. The summed E-state index contributed by atoms with van der Waals surface area (Å²) >= 11 is 7.26. The van der Waals surface area contributed by atoms with E-state index >= 15 is 0 Å². The summed E-state index contributed by atoms with van der Waals surface area (Å²) in [5.41, 5.74) is 3.67. The Morgan fingerprint density at radius 3 is 2.57 bits per heavy atom. The zero-order chi connectivity index (χ0) is 24.4. The predicted octanol–water partition coefficient (Wildman–Crippen LogP) is 6.89. The molecule has 0 saturated carbocycles. The summed E-state index contributed by atoms with van der Waals surface area (Å²) in [7, 11) is 1.55. The predicted molar refractivity (Wildman–Crippen MR) is 138 cm³/mol. The van der Waals surface area contributed by atoms with Gasteiger partial charge < -0.3 is 9.58 Å². The Labute approximate surface area is 209 Å². The maximum atomic E-state index is 13.3. The minimum Gasteiger partial charge on any atom is -0.496 e. The van der Waals surface area contributed by atoms with Gasteiger partial charge >= 0.3 is 0 Å². The highest BCUT2D eigenvalue weighted by atomic mass is 35.5. The second-order valence-corrected chi connectivity index (χ2v) is 8.79. The van der Waals surface area contributed by atoms with Crippen molar-refractivity contribution >= 4 is 50.1 Å². The monoisotopic (exact) mass is 497 g/mol. The van der Waals surface area contributed by atoms with Crippen LogP contribution in [0.1, 0.15) is 10.4 Å². The second kappa shape index (κ2) is 9.50. The van der Waals surface area contributed by atoms with Crippen molar-refractivity contribution in [3.05, 3.63) is 94.8 Å². The van der Waals surface area contributed by atoms with Crippen molar-refractivity contribution < 1.29 is 9.53 Å². The molecule has 9 heteroatoms. The molecule has 0 fully saturated rings. The molecule has 5 aromatic rings.